The number of benzene rings is 2. The lowest BCUT2D eigenvalue weighted by molar-refractivity contribution is -0.0698. The van der Waals surface area contributed by atoms with Gasteiger partial charge in [0.25, 0.3) is 5.92 Å². The minimum absolute atomic E-state index is 0.172. The number of aryl methyl sites for hydroxylation is 1. The Bertz CT molecular complexity index is 1260. The van der Waals surface area contributed by atoms with Crippen LogP contribution >= 0.6 is 0 Å². The molecule has 0 aliphatic carbocycles. The van der Waals surface area contributed by atoms with E-state index in [1.54, 1.807) is 13.2 Å². The molecule has 0 radical (unpaired) electrons. The number of nitrogens with two attached hydrogens (primary N) is 1. The molecule has 1 aromatic heterocycles. The second-order valence-corrected chi connectivity index (χ2v) is 9.36. The molecule has 1 aliphatic heterocycles. The molecule has 1 unspecified atom stereocenters. The first-order chi connectivity index (χ1) is 17.6. The molecule has 2 aromatic carbocycles. The van der Waals surface area contributed by atoms with Gasteiger partial charge in [-0.2, -0.15) is 8.78 Å². The van der Waals surface area contributed by atoms with Crippen LogP contribution in [0.2, 0.25) is 0 Å². The summed E-state index contributed by atoms with van der Waals surface area (Å²) in [7, 11) is 2.89. The van der Waals surface area contributed by atoms with Gasteiger partial charge in [0.15, 0.2) is 0 Å². The summed E-state index contributed by atoms with van der Waals surface area (Å²) in [6.07, 6.45) is 1.11. The van der Waals surface area contributed by atoms with Crippen molar-refractivity contribution in [3.05, 3.63) is 47.3 Å². The summed E-state index contributed by atoms with van der Waals surface area (Å²) in [6.45, 7) is 7.26. The van der Waals surface area contributed by atoms with E-state index in [1.165, 1.54) is 19.2 Å². The fourth-order valence-electron chi connectivity index (χ4n) is 4.79. The van der Waals surface area contributed by atoms with E-state index in [0.717, 1.165) is 41.9 Å². The van der Waals surface area contributed by atoms with Crippen LogP contribution in [0.25, 0.3) is 10.9 Å². The summed E-state index contributed by atoms with van der Waals surface area (Å²) in [4.78, 5) is 11.5. The summed E-state index contributed by atoms with van der Waals surface area (Å²) < 4.78 is 45.4. The van der Waals surface area contributed by atoms with E-state index in [0.29, 0.717) is 23.8 Å². The van der Waals surface area contributed by atoms with E-state index in [4.69, 9.17) is 19.9 Å². The average molecular weight is 516 g/mol. The Morgan fingerprint density at radius 2 is 1.97 bits per heavy atom. The summed E-state index contributed by atoms with van der Waals surface area (Å²) in [5.41, 5.74) is 8.34. The van der Waals surface area contributed by atoms with Crippen molar-refractivity contribution in [3.63, 3.8) is 0 Å². The quantitative estimate of drug-likeness (QED) is 0.362. The van der Waals surface area contributed by atoms with Crippen molar-refractivity contribution in [2.75, 3.05) is 56.5 Å². The third kappa shape index (κ3) is 5.86. The zero-order valence-electron chi connectivity index (χ0n) is 22.0. The van der Waals surface area contributed by atoms with Crippen molar-refractivity contribution in [1.29, 1.82) is 0 Å². The number of nitrogens with zero attached hydrogens (tertiary/aromatic N) is 3. The fraction of sp³-hybridized carbons (Fsp3) is 0.481. The first kappa shape index (κ1) is 26.8. The van der Waals surface area contributed by atoms with E-state index in [1.807, 2.05) is 32.9 Å². The number of rotatable bonds is 10. The Hall–Kier alpha value is -3.24. The van der Waals surface area contributed by atoms with E-state index in [-0.39, 0.29) is 23.4 Å². The van der Waals surface area contributed by atoms with Crippen molar-refractivity contribution < 1.29 is 23.0 Å². The zero-order valence-corrected chi connectivity index (χ0v) is 22.0. The van der Waals surface area contributed by atoms with Crippen LogP contribution in [0.5, 0.6) is 5.75 Å². The molecule has 1 saturated heterocycles. The normalized spacial score (nSPS) is 16.8. The number of aromatic nitrogens is 2. The van der Waals surface area contributed by atoms with Gasteiger partial charge in [-0.1, -0.05) is 0 Å². The van der Waals surface area contributed by atoms with Gasteiger partial charge in [-0.3, -0.25) is 0 Å². The number of anilines is 3. The lowest BCUT2D eigenvalue weighted by atomic mass is 10.00. The second-order valence-electron chi connectivity index (χ2n) is 9.36. The van der Waals surface area contributed by atoms with Gasteiger partial charge >= 0.3 is 0 Å². The number of methoxy groups -OCH3 is 2. The zero-order chi connectivity index (χ0) is 26.7. The van der Waals surface area contributed by atoms with E-state index in [2.05, 4.69) is 20.2 Å². The first-order valence-electron chi connectivity index (χ1n) is 12.4. The highest BCUT2D eigenvalue weighted by atomic mass is 19.3. The second kappa shape index (κ2) is 11.0. The Labute approximate surface area is 216 Å². The summed E-state index contributed by atoms with van der Waals surface area (Å²) >= 11 is 0. The van der Waals surface area contributed by atoms with Gasteiger partial charge in [0.05, 0.1) is 30.5 Å². The van der Waals surface area contributed by atoms with Gasteiger partial charge in [0.2, 0.25) is 0 Å². The van der Waals surface area contributed by atoms with Crippen LogP contribution in [-0.2, 0) is 15.4 Å². The van der Waals surface area contributed by atoms with Crippen molar-refractivity contribution in [1.82, 2.24) is 9.97 Å². The topological polar surface area (TPSA) is 94.8 Å². The molecule has 0 amide bonds. The number of hydrogen-bond acceptors (Lipinski definition) is 8. The van der Waals surface area contributed by atoms with Crippen LogP contribution in [0.15, 0.2) is 30.3 Å². The van der Waals surface area contributed by atoms with Gasteiger partial charge in [0.1, 0.15) is 24.0 Å². The maximum Gasteiger partial charge on any atom is 0.296 e. The maximum absolute atomic E-state index is 14.6. The molecule has 0 bridgehead atoms. The van der Waals surface area contributed by atoms with Gasteiger partial charge in [-0.25, -0.2) is 9.97 Å². The van der Waals surface area contributed by atoms with Crippen LogP contribution in [0.3, 0.4) is 0 Å². The standard InChI is InChI=1S/C27H35F2N5O3/c1-6-37-21-7-8-34(14-21)24-12-22-23(13-25(24)36-5)32-17(3)33-26(22)31-16(2)18-9-19(11-20(30)10-18)27(28,29)15-35-4/h9-13,16,21H,6-8,14-15,30H2,1-5H3,(H,31,32,33)/t16-,21?/m1/s1. The highest BCUT2D eigenvalue weighted by Crippen LogP contribution is 2.38. The number of hydrogen-bond donors (Lipinski definition) is 2. The monoisotopic (exact) mass is 515 g/mol. The predicted molar refractivity (Wildman–Crippen MR) is 142 cm³/mol. The molecule has 2 atom stereocenters. The third-order valence-electron chi connectivity index (χ3n) is 6.58. The van der Waals surface area contributed by atoms with Crippen molar-refractivity contribution in [2.24, 2.45) is 0 Å². The number of ether oxygens (including phenoxy) is 3. The lowest BCUT2D eigenvalue weighted by Crippen LogP contribution is -2.23. The molecule has 3 N–H and O–H groups in total. The third-order valence-corrected chi connectivity index (χ3v) is 6.58. The van der Waals surface area contributed by atoms with Crippen LogP contribution in [0, 0.1) is 6.92 Å². The number of nitrogen functional groups attached to an aromatic ring is 1. The van der Waals surface area contributed by atoms with Gasteiger partial charge in [-0.15, -0.1) is 0 Å². The van der Waals surface area contributed by atoms with Gasteiger partial charge in [0, 0.05) is 49.5 Å². The highest BCUT2D eigenvalue weighted by molar-refractivity contribution is 5.94. The molecule has 2 heterocycles. The molecule has 200 valence electrons. The van der Waals surface area contributed by atoms with E-state index < -0.39 is 12.5 Å². The predicted octanol–water partition coefficient (Wildman–Crippen LogP) is 5.06. The number of fused-ring (bicyclic) bond motifs is 1. The highest BCUT2D eigenvalue weighted by Gasteiger charge is 2.32. The van der Waals surface area contributed by atoms with Crippen LogP contribution in [0.4, 0.5) is 26.0 Å². The van der Waals surface area contributed by atoms with E-state index >= 15 is 0 Å². The minimum Gasteiger partial charge on any atom is -0.495 e. The summed E-state index contributed by atoms with van der Waals surface area (Å²) in [6, 6.07) is 7.99. The largest absolute Gasteiger partial charge is 0.495 e. The Morgan fingerprint density at radius 3 is 2.68 bits per heavy atom. The molecule has 0 spiro atoms. The molecular formula is C27H35F2N5O3. The van der Waals surface area contributed by atoms with Crippen LogP contribution in [-0.4, -0.2) is 56.6 Å². The Morgan fingerprint density at radius 1 is 1.19 bits per heavy atom. The lowest BCUT2D eigenvalue weighted by Gasteiger charge is -2.23. The van der Waals surface area contributed by atoms with Crippen molar-refractivity contribution in [3.8, 4) is 5.75 Å². The van der Waals surface area contributed by atoms with Crippen molar-refractivity contribution >= 4 is 28.1 Å². The van der Waals surface area contributed by atoms with Crippen LogP contribution < -0.4 is 20.7 Å². The average Bonchev–Trinajstić information content (AvgIpc) is 3.31. The molecule has 10 heteroatoms. The number of alkyl halides is 2. The van der Waals surface area contributed by atoms with Gasteiger partial charge < -0.3 is 30.2 Å². The molecule has 37 heavy (non-hydrogen) atoms. The molecule has 0 saturated carbocycles. The molecule has 3 aromatic rings. The minimum atomic E-state index is -3.16. The fourth-order valence-corrected chi connectivity index (χ4v) is 4.79. The first-order valence-corrected chi connectivity index (χ1v) is 12.4. The summed E-state index contributed by atoms with van der Waals surface area (Å²) in [5.74, 6) is -1.25. The summed E-state index contributed by atoms with van der Waals surface area (Å²) in [5, 5.41) is 4.20. The number of halogens is 2. The SMILES string of the molecule is CCOC1CCN(c2cc3c(N[C@H](C)c4cc(N)cc(C(F)(F)COC)c4)nc(C)nc3cc2OC)C1. The molecule has 1 aliphatic rings. The van der Waals surface area contributed by atoms with E-state index in [9.17, 15) is 8.78 Å². The molecule has 8 nitrogen and oxygen atoms in total. The Balaban J connectivity index is 1.70. The van der Waals surface area contributed by atoms with Gasteiger partial charge in [-0.05, 0) is 57.0 Å². The Kier molecular flexibility index (Phi) is 7.99. The smallest absolute Gasteiger partial charge is 0.296 e. The molecular weight excluding hydrogens is 480 g/mol. The molecule has 1 fully saturated rings. The number of nitrogens with one attached hydrogen (secondary N) is 1. The maximum atomic E-state index is 14.6. The van der Waals surface area contributed by atoms with Crippen LogP contribution in [0.1, 0.15) is 43.3 Å². The molecule has 4 rings (SSSR count). The van der Waals surface area contributed by atoms with Crippen molar-refractivity contribution in [2.45, 2.75) is 45.3 Å².